The molecule has 3 rings (SSSR count). The standard InChI is InChI=1S/C27H37N3O3/c1-6-25-24(18-29(16-17-32-5)19-26(31)20(2)3)27(33-23-14-12-21(4)13-15-23)30(28-25)22-10-8-7-9-11-22/h7-15,20,26,31H,6,16-19H2,1-5H3/t26-/m1/s1. The van der Waals surface area contributed by atoms with Crippen molar-refractivity contribution in [3.8, 4) is 17.3 Å². The molecule has 33 heavy (non-hydrogen) atoms. The number of ether oxygens (including phenoxy) is 2. The van der Waals surface area contributed by atoms with Crippen molar-refractivity contribution in [1.82, 2.24) is 14.7 Å². The number of aliphatic hydroxyl groups is 1. The summed E-state index contributed by atoms with van der Waals surface area (Å²) in [6.45, 7) is 10.7. The number of aromatic nitrogens is 2. The van der Waals surface area contributed by atoms with Crippen LogP contribution in [-0.4, -0.2) is 52.7 Å². The third kappa shape index (κ3) is 6.67. The van der Waals surface area contributed by atoms with Gasteiger partial charge in [-0.25, -0.2) is 4.68 Å². The molecule has 1 atom stereocenters. The SMILES string of the molecule is CCc1nn(-c2ccccc2)c(Oc2ccc(C)cc2)c1CN(CCOC)C[C@@H](O)C(C)C. The molecule has 2 aromatic carbocycles. The van der Waals surface area contributed by atoms with Gasteiger partial charge in [0.1, 0.15) is 5.75 Å². The third-order valence-electron chi connectivity index (χ3n) is 5.80. The van der Waals surface area contributed by atoms with Crippen molar-refractivity contribution >= 4 is 0 Å². The highest BCUT2D eigenvalue weighted by atomic mass is 16.5. The fraction of sp³-hybridized carbons (Fsp3) is 0.444. The average Bonchev–Trinajstić information content (AvgIpc) is 3.16. The van der Waals surface area contributed by atoms with Crippen molar-refractivity contribution < 1.29 is 14.6 Å². The molecular formula is C27H37N3O3. The number of nitrogens with zero attached hydrogens (tertiary/aromatic N) is 3. The summed E-state index contributed by atoms with van der Waals surface area (Å²) in [6, 6.07) is 18.1. The minimum Gasteiger partial charge on any atom is -0.439 e. The Morgan fingerprint density at radius 1 is 1.06 bits per heavy atom. The van der Waals surface area contributed by atoms with E-state index in [0.717, 1.165) is 29.1 Å². The minimum absolute atomic E-state index is 0.177. The fourth-order valence-electron chi connectivity index (χ4n) is 3.64. The van der Waals surface area contributed by atoms with E-state index in [0.29, 0.717) is 32.1 Å². The van der Waals surface area contributed by atoms with Gasteiger partial charge in [0.15, 0.2) is 0 Å². The van der Waals surface area contributed by atoms with Gasteiger partial charge in [0.2, 0.25) is 5.88 Å². The van der Waals surface area contributed by atoms with Crippen LogP contribution in [0.2, 0.25) is 0 Å². The van der Waals surface area contributed by atoms with Crippen LogP contribution in [0.4, 0.5) is 0 Å². The fourth-order valence-corrected chi connectivity index (χ4v) is 3.64. The minimum atomic E-state index is -0.419. The molecule has 6 nitrogen and oxygen atoms in total. The summed E-state index contributed by atoms with van der Waals surface area (Å²) in [7, 11) is 1.70. The number of aryl methyl sites for hydroxylation is 2. The number of benzene rings is 2. The van der Waals surface area contributed by atoms with Crippen molar-refractivity contribution in [2.75, 3.05) is 26.8 Å². The van der Waals surface area contributed by atoms with Gasteiger partial charge < -0.3 is 14.6 Å². The Kier molecular flexibility index (Phi) is 9.06. The Hall–Kier alpha value is -2.67. The zero-order valence-corrected chi connectivity index (χ0v) is 20.5. The molecule has 0 aliphatic carbocycles. The van der Waals surface area contributed by atoms with Gasteiger partial charge in [0.25, 0.3) is 0 Å². The number of hydrogen-bond donors (Lipinski definition) is 1. The van der Waals surface area contributed by atoms with Gasteiger partial charge in [0.05, 0.1) is 29.7 Å². The van der Waals surface area contributed by atoms with E-state index in [-0.39, 0.29) is 5.92 Å². The number of methoxy groups -OCH3 is 1. The molecular weight excluding hydrogens is 414 g/mol. The van der Waals surface area contributed by atoms with E-state index in [1.807, 2.05) is 73.1 Å². The van der Waals surface area contributed by atoms with Gasteiger partial charge in [0, 0.05) is 26.7 Å². The van der Waals surface area contributed by atoms with Crippen LogP contribution in [0.5, 0.6) is 11.6 Å². The normalized spacial score (nSPS) is 12.5. The van der Waals surface area contributed by atoms with Crippen LogP contribution in [-0.2, 0) is 17.7 Å². The zero-order valence-electron chi connectivity index (χ0n) is 20.5. The van der Waals surface area contributed by atoms with Crippen LogP contribution in [0.3, 0.4) is 0 Å². The molecule has 0 saturated carbocycles. The Morgan fingerprint density at radius 3 is 2.36 bits per heavy atom. The Bertz CT molecular complexity index is 984. The summed E-state index contributed by atoms with van der Waals surface area (Å²) >= 11 is 0. The topological polar surface area (TPSA) is 59.8 Å². The first-order chi connectivity index (χ1) is 15.9. The monoisotopic (exact) mass is 451 g/mol. The summed E-state index contributed by atoms with van der Waals surface area (Å²) in [5, 5.41) is 15.5. The van der Waals surface area contributed by atoms with E-state index >= 15 is 0 Å². The van der Waals surface area contributed by atoms with Crippen LogP contribution in [0, 0.1) is 12.8 Å². The summed E-state index contributed by atoms with van der Waals surface area (Å²) < 4.78 is 13.7. The maximum atomic E-state index is 10.6. The van der Waals surface area contributed by atoms with Gasteiger partial charge in [-0.1, -0.05) is 56.7 Å². The third-order valence-corrected chi connectivity index (χ3v) is 5.80. The van der Waals surface area contributed by atoms with E-state index in [1.54, 1.807) is 7.11 Å². The summed E-state index contributed by atoms with van der Waals surface area (Å²) in [4.78, 5) is 2.22. The first-order valence-corrected chi connectivity index (χ1v) is 11.7. The second-order valence-electron chi connectivity index (χ2n) is 8.79. The van der Waals surface area contributed by atoms with Crippen molar-refractivity contribution in [2.24, 2.45) is 5.92 Å². The highest BCUT2D eigenvalue weighted by Crippen LogP contribution is 2.32. The molecule has 1 N–H and O–H groups in total. The Balaban J connectivity index is 2.03. The maximum absolute atomic E-state index is 10.6. The molecule has 178 valence electrons. The lowest BCUT2D eigenvalue weighted by Crippen LogP contribution is -2.37. The lowest BCUT2D eigenvalue weighted by molar-refractivity contribution is 0.0588. The van der Waals surface area contributed by atoms with Crippen molar-refractivity contribution in [3.63, 3.8) is 0 Å². The van der Waals surface area contributed by atoms with E-state index in [4.69, 9.17) is 14.6 Å². The molecule has 3 aromatic rings. The predicted octanol–water partition coefficient (Wildman–Crippen LogP) is 5.00. The van der Waals surface area contributed by atoms with Gasteiger partial charge in [-0.15, -0.1) is 0 Å². The molecule has 0 amide bonds. The summed E-state index contributed by atoms with van der Waals surface area (Å²) in [5.41, 5.74) is 4.16. The molecule has 0 unspecified atom stereocenters. The van der Waals surface area contributed by atoms with Gasteiger partial charge in [-0.2, -0.15) is 5.10 Å². The molecule has 1 heterocycles. The van der Waals surface area contributed by atoms with E-state index < -0.39 is 6.10 Å². The number of para-hydroxylation sites is 1. The smallest absolute Gasteiger partial charge is 0.227 e. The largest absolute Gasteiger partial charge is 0.439 e. The summed E-state index contributed by atoms with van der Waals surface area (Å²) in [6.07, 6.45) is 0.363. The molecule has 0 bridgehead atoms. The number of aliphatic hydroxyl groups excluding tert-OH is 1. The second kappa shape index (κ2) is 12.0. The highest BCUT2D eigenvalue weighted by Gasteiger charge is 2.24. The van der Waals surface area contributed by atoms with Crippen LogP contribution in [0.1, 0.15) is 37.6 Å². The lowest BCUT2D eigenvalue weighted by atomic mass is 10.1. The van der Waals surface area contributed by atoms with E-state index in [9.17, 15) is 5.11 Å². The molecule has 0 fully saturated rings. The van der Waals surface area contributed by atoms with Crippen molar-refractivity contribution in [1.29, 1.82) is 0 Å². The van der Waals surface area contributed by atoms with Crippen LogP contribution in [0.25, 0.3) is 5.69 Å². The molecule has 1 aromatic heterocycles. The van der Waals surface area contributed by atoms with Crippen LogP contribution in [0.15, 0.2) is 54.6 Å². The zero-order chi connectivity index (χ0) is 23.8. The van der Waals surface area contributed by atoms with Crippen LogP contribution < -0.4 is 4.74 Å². The van der Waals surface area contributed by atoms with Crippen molar-refractivity contribution in [3.05, 3.63) is 71.4 Å². The second-order valence-corrected chi connectivity index (χ2v) is 8.79. The van der Waals surface area contributed by atoms with Crippen LogP contribution >= 0.6 is 0 Å². The first kappa shape index (κ1) is 25.0. The van der Waals surface area contributed by atoms with Gasteiger partial charge in [-0.05, 0) is 43.5 Å². The maximum Gasteiger partial charge on any atom is 0.227 e. The molecule has 0 radical (unpaired) electrons. The molecule has 0 aliphatic rings. The van der Waals surface area contributed by atoms with E-state index in [2.05, 4.69) is 18.7 Å². The molecule has 0 aliphatic heterocycles. The quantitative estimate of drug-likeness (QED) is 0.420. The predicted molar refractivity (Wildman–Crippen MR) is 132 cm³/mol. The van der Waals surface area contributed by atoms with E-state index in [1.165, 1.54) is 5.56 Å². The molecule has 6 heteroatoms. The number of rotatable bonds is 12. The average molecular weight is 452 g/mol. The first-order valence-electron chi connectivity index (χ1n) is 11.7. The molecule has 0 spiro atoms. The highest BCUT2D eigenvalue weighted by molar-refractivity contribution is 5.44. The molecule has 0 saturated heterocycles. The summed E-state index contributed by atoms with van der Waals surface area (Å²) in [5.74, 6) is 1.66. The van der Waals surface area contributed by atoms with Gasteiger partial charge >= 0.3 is 0 Å². The van der Waals surface area contributed by atoms with Crippen molar-refractivity contribution in [2.45, 2.75) is 46.8 Å². The van der Waals surface area contributed by atoms with Gasteiger partial charge in [-0.3, -0.25) is 4.90 Å². The number of hydrogen-bond acceptors (Lipinski definition) is 5. The Morgan fingerprint density at radius 2 is 1.76 bits per heavy atom. The Labute approximate surface area is 197 Å². The lowest BCUT2D eigenvalue weighted by Gasteiger charge is -2.27.